The maximum Gasteiger partial charge on any atom is 0.400 e. The molecule has 0 radical (unpaired) electrons. The maximum absolute atomic E-state index is 10.4. The molecule has 8 heteroatoms. The summed E-state index contributed by atoms with van der Waals surface area (Å²) in [4.78, 5) is 17.0. The standard InChI is InChI=1S/C6H12N3O3P.HI/c1-8-4-5-9(6-8)3-2-7-13(10,11)12;/h4-6H,2-3H2,1H3,(H2-,7,10,11,12);1H. The van der Waals surface area contributed by atoms with Crippen LogP contribution in [0.4, 0.5) is 0 Å². The maximum atomic E-state index is 10.4. The molecule has 0 aliphatic heterocycles. The van der Waals surface area contributed by atoms with Crippen LogP contribution in [0.2, 0.25) is 0 Å². The molecule has 0 bridgehead atoms. The SMILES string of the molecule is C[n+]1ccn(CCNP(=O)(O)O)c1.[I-]. The number of aromatic nitrogens is 2. The van der Waals surface area contributed by atoms with Crippen LogP contribution in [0.1, 0.15) is 0 Å². The molecule has 0 saturated carbocycles. The van der Waals surface area contributed by atoms with Crippen LogP contribution in [0.25, 0.3) is 0 Å². The average molecular weight is 333 g/mol. The molecule has 0 atom stereocenters. The van der Waals surface area contributed by atoms with Gasteiger partial charge in [0.25, 0.3) is 0 Å². The lowest BCUT2D eigenvalue weighted by Crippen LogP contribution is -3.00. The Balaban J connectivity index is 0.00000169. The van der Waals surface area contributed by atoms with E-state index in [1.807, 2.05) is 34.9 Å². The van der Waals surface area contributed by atoms with Crippen molar-refractivity contribution in [2.45, 2.75) is 6.54 Å². The van der Waals surface area contributed by atoms with Gasteiger partial charge in [0.1, 0.15) is 18.9 Å². The van der Waals surface area contributed by atoms with Gasteiger partial charge in [0, 0.05) is 6.54 Å². The second kappa shape index (κ2) is 5.82. The van der Waals surface area contributed by atoms with Crippen molar-refractivity contribution in [2.75, 3.05) is 6.54 Å². The van der Waals surface area contributed by atoms with Gasteiger partial charge in [-0.05, 0) is 0 Å². The fourth-order valence-electron chi connectivity index (χ4n) is 0.959. The Labute approximate surface area is 99.2 Å². The number of halogens is 1. The Morgan fingerprint density at radius 3 is 2.64 bits per heavy atom. The van der Waals surface area contributed by atoms with Gasteiger partial charge in [-0.2, -0.15) is 0 Å². The first kappa shape index (κ1) is 14.1. The fourth-order valence-corrected chi connectivity index (χ4v) is 1.35. The van der Waals surface area contributed by atoms with Crippen LogP contribution < -0.4 is 33.6 Å². The largest absolute Gasteiger partial charge is 1.00 e. The molecular weight excluding hydrogens is 320 g/mol. The highest BCUT2D eigenvalue weighted by Gasteiger charge is 2.11. The van der Waals surface area contributed by atoms with E-state index in [2.05, 4.69) is 5.09 Å². The van der Waals surface area contributed by atoms with Gasteiger partial charge in [0.2, 0.25) is 6.33 Å². The summed E-state index contributed by atoms with van der Waals surface area (Å²) in [7, 11) is -2.18. The lowest BCUT2D eigenvalue weighted by atomic mass is 10.6. The zero-order valence-corrected chi connectivity index (χ0v) is 10.7. The van der Waals surface area contributed by atoms with Crippen LogP contribution in [0, 0.1) is 0 Å². The number of hydrogen-bond acceptors (Lipinski definition) is 1. The van der Waals surface area contributed by atoms with Gasteiger partial charge in [0.05, 0.1) is 7.05 Å². The second-order valence-corrected chi connectivity index (χ2v) is 4.17. The normalized spacial score (nSPS) is 11.1. The Morgan fingerprint density at radius 2 is 2.21 bits per heavy atom. The van der Waals surface area contributed by atoms with Gasteiger partial charge in [-0.3, -0.25) is 0 Å². The van der Waals surface area contributed by atoms with E-state index in [4.69, 9.17) is 9.79 Å². The second-order valence-electron chi connectivity index (χ2n) is 2.77. The number of hydrogen-bond donors (Lipinski definition) is 3. The first-order chi connectivity index (χ1) is 5.97. The summed E-state index contributed by atoms with van der Waals surface area (Å²) < 4.78 is 14.1. The monoisotopic (exact) mass is 333 g/mol. The van der Waals surface area contributed by atoms with E-state index in [1.165, 1.54) is 0 Å². The van der Waals surface area contributed by atoms with Crippen molar-refractivity contribution in [3.63, 3.8) is 0 Å². The van der Waals surface area contributed by atoms with Gasteiger partial charge < -0.3 is 33.8 Å². The Hall–Kier alpha value is 0.0500. The summed E-state index contributed by atoms with van der Waals surface area (Å²) >= 11 is 0. The number of nitrogens with zero attached hydrogens (tertiary/aromatic N) is 2. The van der Waals surface area contributed by atoms with Crippen LogP contribution in [-0.4, -0.2) is 20.9 Å². The van der Waals surface area contributed by atoms with E-state index in [0.717, 1.165) is 0 Å². The Kier molecular flexibility index (Phi) is 5.84. The van der Waals surface area contributed by atoms with Crippen molar-refractivity contribution in [1.29, 1.82) is 0 Å². The third-order valence-corrected chi connectivity index (χ3v) is 2.15. The Bertz CT molecular complexity index is 324. The molecule has 1 aromatic rings. The van der Waals surface area contributed by atoms with Gasteiger partial charge in [-0.1, -0.05) is 0 Å². The van der Waals surface area contributed by atoms with Crippen molar-refractivity contribution in [1.82, 2.24) is 9.65 Å². The molecule has 0 saturated heterocycles. The van der Waals surface area contributed by atoms with Crippen LogP contribution in [0.5, 0.6) is 0 Å². The highest BCUT2D eigenvalue weighted by atomic mass is 127. The zero-order valence-electron chi connectivity index (χ0n) is 7.67. The van der Waals surface area contributed by atoms with Crippen molar-refractivity contribution in [3.05, 3.63) is 18.7 Å². The van der Waals surface area contributed by atoms with Crippen molar-refractivity contribution >= 4 is 7.75 Å². The minimum absolute atomic E-state index is 0. The van der Waals surface area contributed by atoms with Crippen molar-refractivity contribution in [2.24, 2.45) is 7.05 Å². The van der Waals surface area contributed by atoms with Gasteiger partial charge in [-0.15, -0.1) is 0 Å². The van der Waals surface area contributed by atoms with Gasteiger partial charge >= 0.3 is 7.75 Å². The lowest BCUT2D eigenvalue weighted by molar-refractivity contribution is -0.671. The first-order valence-electron chi connectivity index (χ1n) is 3.79. The lowest BCUT2D eigenvalue weighted by Gasteiger charge is -2.03. The van der Waals surface area contributed by atoms with Crippen LogP contribution in [0.3, 0.4) is 0 Å². The molecule has 0 aliphatic rings. The third kappa shape index (κ3) is 5.71. The summed E-state index contributed by atoms with van der Waals surface area (Å²) in [5, 5.41) is 2.12. The topological polar surface area (TPSA) is 78.4 Å². The van der Waals surface area contributed by atoms with E-state index >= 15 is 0 Å². The third-order valence-electron chi connectivity index (χ3n) is 1.51. The number of aryl methyl sites for hydroxylation is 1. The molecule has 82 valence electrons. The quantitative estimate of drug-likeness (QED) is 0.298. The average Bonchev–Trinajstić information content (AvgIpc) is 2.33. The molecule has 1 rings (SSSR count). The molecule has 3 N–H and O–H groups in total. The summed E-state index contributed by atoms with van der Waals surface area (Å²) in [6.45, 7) is 0.783. The fraction of sp³-hybridized carbons (Fsp3) is 0.500. The van der Waals surface area contributed by atoms with Crippen LogP contribution in [0.15, 0.2) is 18.7 Å². The van der Waals surface area contributed by atoms with E-state index in [0.29, 0.717) is 6.54 Å². The molecule has 1 heterocycles. The smallest absolute Gasteiger partial charge is 0.400 e. The van der Waals surface area contributed by atoms with E-state index in [-0.39, 0.29) is 30.5 Å². The molecule has 1 aromatic heterocycles. The zero-order chi connectivity index (χ0) is 9.90. The first-order valence-corrected chi connectivity index (χ1v) is 5.40. The number of rotatable bonds is 4. The summed E-state index contributed by atoms with van der Waals surface area (Å²) in [5.41, 5.74) is 0. The van der Waals surface area contributed by atoms with Crippen molar-refractivity contribution in [3.8, 4) is 0 Å². The molecule has 0 fully saturated rings. The molecule has 6 nitrogen and oxygen atoms in total. The van der Waals surface area contributed by atoms with Crippen LogP contribution >= 0.6 is 7.75 Å². The Morgan fingerprint density at radius 1 is 1.57 bits per heavy atom. The molecule has 0 aliphatic carbocycles. The number of imidazole rings is 1. The molecule has 0 spiro atoms. The van der Waals surface area contributed by atoms with Gasteiger partial charge in [-0.25, -0.2) is 18.8 Å². The van der Waals surface area contributed by atoms with Gasteiger partial charge in [0.15, 0.2) is 0 Å². The molecule has 0 aromatic carbocycles. The highest BCUT2D eigenvalue weighted by molar-refractivity contribution is 7.49. The summed E-state index contributed by atoms with van der Waals surface area (Å²) in [5.74, 6) is 0. The predicted molar refractivity (Wildman–Crippen MR) is 45.7 cm³/mol. The highest BCUT2D eigenvalue weighted by Crippen LogP contribution is 2.27. The number of nitrogens with one attached hydrogen (secondary N) is 1. The van der Waals surface area contributed by atoms with E-state index in [1.54, 1.807) is 0 Å². The minimum atomic E-state index is -4.07. The van der Waals surface area contributed by atoms with Crippen molar-refractivity contribution < 1.29 is 42.9 Å². The molecular formula is C6H13IN3O3P. The summed E-state index contributed by atoms with van der Waals surface area (Å²) in [6, 6.07) is 0. The molecule has 0 amide bonds. The predicted octanol–water partition coefficient (Wildman–Crippen LogP) is -4.00. The summed E-state index contributed by atoms with van der Waals surface area (Å²) in [6.07, 6.45) is 5.53. The van der Waals surface area contributed by atoms with E-state index in [9.17, 15) is 4.57 Å². The van der Waals surface area contributed by atoms with E-state index < -0.39 is 7.75 Å². The van der Waals surface area contributed by atoms with Crippen LogP contribution in [-0.2, 0) is 18.2 Å². The minimum Gasteiger partial charge on any atom is -1.00 e. The molecule has 14 heavy (non-hydrogen) atoms. The molecule has 0 unspecified atom stereocenters.